The minimum absolute atomic E-state index is 0.0478. The standard InChI is InChI=1S/C29H36N6O12/c1-17(31-25(37)16-45-13-12-44-3)26(38)32-18(2)27(39)34-23(14-24(30)36)28(40)33-20-6-4-19(5-7-20)15-46-29(41)47-22-10-8-21(9-11-22)35(42)43/h4-11,17-18,23H,12-16H2,1-3H3,(H2,30,36)(H,31,37)(H,32,38)(H,33,40)(H,34,39)/t17-,18-,23-/m0/s1. The van der Waals surface area contributed by atoms with E-state index in [1.165, 1.54) is 69.5 Å². The summed E-state index contributed by atoms with van der Waals surface area (Å²) in [5.41, 5.74) is 5.88. The molecule has 6 N–H and O–H groups in total. The number of primary amides is 1. The first-order chi connectivity index (χ1) is 22.3. The number of amides is 5. The fraction of sp³-hybridized carbons (Fsp3) is 0.379. The third kappa shape index (κ3) is 13.9. The van der Waals surface area contributed by atoms with Crippen molar-refractivity contribution >= 4 is 47.1 Å². The van der Waals surface area contributed by atoms with Crippen molar-refractivity contribution in [1.29, 1.82) is 0 Å². The predicted octanol–water partition coefficient (Wildman–Crippen LogP) is 0.282. The number of nitro benzene ring substituents is 1. The summed E-state index contributed by atoms with van der Waals surface area (Å²) in [5.74, 6) is -3.64. The number of anilines is 1. The second-order valence-corrected chi connectivity index (χ2v) is 9.87. The Labute approximate surface area is 268 Å². The van der Waals surface area contributed by atoms with Gasteiger partial charge in [0.05, 0.1) is 24.6 Å². The van der Waals surface area contributed by atoms with Crippen LogP contribution in [0.1, 0.15) is 25.8 Å². The molecular formula is C29H36N6O12. The highest BCUT2D eigenvalue weighted by Crippen LogP contribution is 2.18. The maximum Gasteiger partial charge on any atom is 0.514 e. The molecule has 254 valence electrons. The molecule has 0 unspecified atom stereocenters. The van der Waals surface area contributed by atoms with Crippen LogP contribution in [0, 0.1) is 10.1 Å². The molecule has 0 heterocycles. The second-order valence-electron chi connectivity index (χ2n) is 9.87. The van der Waals surface area contributed by atoms with E-state index in [9.17, 15) is 38.9 Å². The Balaban J connectivity index is 1.87. The van der Waals surface area contributed by atoms with Gasteiger partial charge in [0.25, 0.3) is 5.69 Å². The number of carbonyl (C=O) groups excluding carboxylic acids is 6. The Hall–Kier alpha value is -5.62. The summed E-state index contributed by atoms with van der Waals surface area (Å²) in [7, 11) is 1.48. The van der Waals surface area contributed by atoms with Crippen molar-refractivity contribution in [3.05, 3.63) is 64.2 Å². The van der Waals surface area contributed by atoms with E-state index in [1.807, 2.05) is 0 Å². The van der Waals surface area contributed by atoms with Gasteiger partial charge in [-0.25, -0.2) is 4.79 Å². The first-order valence-corrected chi connectivity index (χ1v) is 14.0. The summed E-state index contributed by atoms with van der Waals surface area (Å²) in [6, 6.07) is 7.27. The quantitative estimate of drug-likeness (QED) is 0.0475. The molecular weight excluding hydrogens is 624 g/mol. The van der Waals surface area contributed by atoms with Crippen LogP contribution in [-0.4, -0.2) is 85.7 Å². The van der Waals surface area contributed by atoms with Crippen LogP contribution in [0.15, 0.2) is 48.5 Å². The summed E-state index contributed by atoms with van der Waals surface area (Å²) in [6.45, 7) is 2.74. The lowest BCUT2D eigenvalue weighted by molar-refractivity contribution is -0.384. The molecule has 18 heteroatoms. The highest BCUT2D eigenvalue weighted by atomic mass is 16.7. The molecule has 2 aromatic carbocycles. The summed E-state index contributed by atoms with van der Waals surface area (Å²) in [5, 5.41) is 20.5. The topological polar surface area (TPSA) is 257 Å². The molecule has 0 aliphatic carbocycles. The lowest BCUT2D eigenvalue weighted by atomic mass is 10.1. The van der Waals surface area contributed by atoms with Crippen LogP contribution in [-0.2, 0) is 44.8 Å². The van der Waals surface area contributed by atoms with Gasteiger partial charge in [-0.1, -0.05) is 12.1 Å². The minimum atomic E-state index is -1.39. The van der Waals surface area contributed by atoms with Crippen LogP contribution in [0.5, 0.6) is 5.75 Å². The molecule has 0 aliphatic rings. The normalized spacial score (nSPS) is 12.4. The molecule has 0 aliphatic heterocycles. The van der Waals surface area contributed by atoms with E-state index in [0.717, 1.165) is 0 Å². The van der Waals surface area contributed by atoms with Gasteiger partial charge in [0.15, 0.2) is 0 Å². The first-order valence-electron chi connectivity index (χ1n) is 14.0. The number of non-ortho nitro benzene ring substituents is 1. The molecule has 2 aromatic rings. The number of methoxy groups -OCH3 is 1. The Kier molecular flexibility index (Phi) is 15.2. The molecule has 18 nitrogen and oxygen atoms in total. The zero-order valence-electron chi connectivity index (χ0n) is 25.8. The molecule has 0 saturated carbocycles. The fourth-order valence-corrected chi connectivity index (χ4v) is 3.58. The number of nitrogens with one attached hydrogen (secondary N) is 4. The Bertz CT molecular complexity index is 1420. The number of ether oxygens (including phenoxy) is 4. The van der Waals surface area contributed by atoms with E-state index in [-0.39, 0.29) is 36.9 Å². The lowest BCUT2D eigenvalue weighted by Crippen LogP contribution is -2.55. The number of nitrogens with zero attached hydrogens (tertiary/aromatic N) is 1. The third-order valence-corrected chi connectivity index (χ3v) is 6.05. The second kappa shape index (κ2) is 19.0. The van der Waals surface area contributed by atoms with Gasteiger partial charge in [0, 0.05) is 24.9 Å². The fourth-order valence-electron chi connectivity index (χ4n) is 3.58. The van der Waals surface area contributed by atoms with Gasteiger partial charge in [0.1, 0.15) is 37.1 Å². The number of hydrogen-bond donors (Lipinski definition) is 5. The van der Waals surface area contributed by atoms with Crippen LogP contribution in [0.25, 0.3) is 0 Å². The highest BCUT2D eigenvalue weighted by Gasteiger charge is 2.27. The van der Waals surface area contributed by atoms with E-state index in [4.69, 9.17) is 24.7 Å². The number of hydrogen-bond acceptors (Lipinski definition) is 12. The molecule has 0 spiro atoms. The molecule has 47 heavy (non-hydrogen) atoms. The number of nitrogens with two attached hydrogens (primary N) is 1. The van der Waals surface area contributed by atoms with E-state index in [1.54, 1.807) is 0 Å². The van der Waals surface area contributed by atoms with Crippen molar-refractivity contribution in [2.24, 2.45) is 5.73 Å². The number of nitro groups is 1. The predicted molar refractivity (Wildman–Crippen MR) is 163 cm³/mol. The number of rotatable bonds is 18. The van der Waals surface area contributed by atoms with Gasteiger partial charge < -0.3 is 45.9 Å². The van der Waals surface area contributed by atoms with Crippen LogP contribution in [0.2, 0.25) is 0 Å². The van der Waals surface area contributed by atoms with Gasteiger partial charge in [0.2, 0.25) is 29.5 Å². The zero-order chi connectivity index (χ0) is 34.9. The van der Waals surface area contributed by atoms with Crippen LogP contribution in [0.4, 0.5) is 16.2 Å². The van der Waals surface area contributed by atoms with Crippen LogP contribution >= 0.6 is 0 Å². The van der Waals surface area contributed by atoms with Crippen molar-refractivity contribution < 1.29 is 52.6 Å². The minimum Gasteiger partial charge on any atom is -0.429 e. The van der Waals surface area contributed by atoms with Crippen molar-refractivity contribution in [2.45, 2.75) is 45.0 Å². The van der Waals surface area contributed by atoms with Gasteiger partial charge in [-0.2, -0.15) is 0 Å². The maximum atomic E-state index is 12.9. The maximum absolute atomic E-state index is 12.9. The molecule has 0 bridgehead atoms. The van der Waals surface area contributed by atoms with E-state index in [2.05, 4.69) is 21.3 Å². The molecule has 0 aromatic heterocycles. The molecule has 0 fully saturated rings. The summed E-state index contributed by atoms with van der Waals surface area (Å²) >= 11 is 0. The Morgan fingerprint density at radius 3 is 2.06 bits per heavy atom. The average molecular weight is 661 g/mol. The average Bonchev–Trinajstić information content (AvgIpc) is 3.02. The number of carbonyl (C=O) groups is 6. The molecule has 3 atom stereocenters. The molecule has 5 amide bonds. The highest BCUT2D eigenvalue weighted by molar-refractivity contribution is 6.00. The van der Waals surface area contributed by atoms with E-state index >= 15 is 0 Å². The van der Waals surface area contributed by atoms with E-state index in [0.29, 0.717) is 12.2 Å². The van der Waals surface area contributed by atoms with E-state index < -0.39 is 65.2 Å². The van der Waals surface area contributed by atoms with Gasteiger partial charge in [-0.05, 0) is 43.7 Å². The third-order valence-electron chi connectivity index (χ3n) is 6.05. The first kappa shape index (κ1) is 37.6. The van der Waals surface area contributed by atoms with Gasteiger partial charge >= 0.3 is 6.16 Å². The monoisotopic (exact) mass is 660 g/mol. The van der Waals surface area contributed by atoms with Gasteiger partial charge in [-0.3, -0.25) is 34.1 Å². The van der Waals surface area contributed by atoms with Crippen molar-refractivity contribution in [2.75, 3.05) is 32.2 Å². The largest absolute Gasteiger partial charge is 0.514 e. The van der Waals surface area contributed by atoms with Crippen LogP contribution < -0.4 is 31.7 Å². The summed E-state index contributed by atoms with van der Waals surface area (Å²) in [6.07, 6.45) is -1.59. The zero-order valence-corrected chi connectivity index (χ0v) is 25.8. The van der Waals surface area contributed by atoms with Crippen molar-refractivity contribution in [3.63, 3.8) is 0 Å². The van der Waals surface area contributed by atoms with Crippen LogP contribution in [0.3, 0.4) is 0 Å². The SMILES string of the molecule is COCCOCC(=O)N[C@@H](C)C(=O)N[C@@H](C)C(=O)N[C@@H](CC(N)=O)C(=O)Nc1ccc(COC(=O)Oc2ccc([N+](=O)[O-])cc2)cc1. The van der Waals surface area contributed by atoms with Crippen molar-refractivity contribution in [3.8, 4) is 5.75 Å². The van der Waals surface area contributed by atoms with Crippen molar-refractivity contribution in [1.82, 2.24) is 16.0 Å². The molecule has 0 saturated heterocycles. The smallest absolute Gasteiger partial charge is 0.429 e. The summed E-state index contributed by atoms with van der Waals surface area (Å²) in [4.78, 5) is 83.7. The molecule has 0 radical (unpaired) electrons. The molecule has 2 rings (SSSR count). The Morgan fingerprint density at radius 1 is 0.851 bits per heavy atom. The lowest BCUT2D eigenvalue weighted by Gasteiger charge is -2.22. The Morgan fingerprint density at radius 2 is 1.47 bits per heavy atom. The summed E-state index contributed by atoms with van der Waals surface area (Å²) < 4.78 is 19.9. The number of benzene rings is 2. The van der Waals surface area contributed by atoms with Gasteiger partial charge in [-0.15, -0.1) is 0 Å².